The van der Waals surface area contributed by atoms with Gasteiger partial charge in [-0.2, -0.15) is 0 Å². The number of halogens is 1. The molecular formula is C8H18ClNO3. The average molecular weight is 212 g/mol. The molecule has 0 amide bonds. The van der Waals surface area contributed by atoms with Crippen LogP contribution in [0.4, 0.5) is 0 Å². The average Bonchev–Trinajstić information content (AvgIpc) is 2.12. The van der Waals surface area contributed by atoms with E-state index in [0.29, 0.717) is 12.5 Å². The molecule has 0 aliphatic carbocycles. The third kappa shape index (κ3) is 8.46. The first-order valence-electron chi connectivity index (χ1n) is 4.32. The minimum Gasteiger partial charge on any atom is -0.394 e. The molecule has 0 radical (unpaired) electrons. The van der Waals surface area contributed by atoms with E-state index >= 15 is 0 Å². The molecule has 0 fully saturated rings. The summed E-state index contributed by atoms with van der Waals surface area (Å²) >= 11 is 5.53. The van der Waals surface area contributed by atoms with E-state index in [2.05, 4.69) is 0 Å². The van der Waals surface area contributed by atoms with E-state index in [-0.39, 0.29) is 13.2 Å². The number of alkyl halides is 1. The van der Waals surface area contributed by atoms with Crippen molar-refractivity contribution < 1.29 is 14.9 Å². The summed E-state index contributed by atoms with van der Waals surface area (Å²) in [6.45, 7) is 2.09. The number of ether oxygens (including phenoxy) is 1. The van der Waals surface area contributed by atoms with Crippen LogP contribution in [0.2, 0.25) is 0 Å². The molecule has 0 aromatic carbocycles. The number of aliphatic hydroxyl groups is 2. The van der Waals surface area contributed by atoms with Crippen molar-refractivity contribution in [2.75, 3.05) is 45.8 Å². The monoisotopic (exact) mass is 211 g/mol. The molecule has 1 unspecified atom stereocenters. The van der Waals surface area contributed by atoms with Crippen LogP contribution in [0.5, 0.6) is 0 Å². The zero-order valence-corrected chi connectivity index (χ0v) is 8.70. The molecule has 2 N–H and O–H groups in total. The predicted molar refractivity (Wildman–Crippen MR) is 52.1 cm³/mol. The Balaban J connectivity index is 3.15. The van der Waals surface area contributed by atoms with Crippen molar-refractivity contribution in [3.8, 4) is 0 Å². The van der Waals surface area contributed by atoms with Crippen molar-refractivity contribution in [1.29, 1.82) is 0 Å². The summed E-state index contributed by atoms with van der Waals surface area (Å²) in [4.78, 5) is 2.04. The quantitative estimate of drug-likeness (QED) is 0.421. The summed E-state index contributed by atoms with van der Waals surface area (Å²) in [5.41, 5.74) is 0. The number of hydrogen-bond donors (Lipinski definition) is 2. The van der Waals surface area contributed by atoms with E-state index in [9.17, 15) is 0 Å². The number of nitrogens with zero attached hydrogens (tertiary/aromatic N) is 1. The van der Waals surface area contributed by atoms with E-state index in [1.165, 1.54) is 0 Å². The Morgan fingerprint density at radius 2 is 2.15 bits per heavy atom. The Morgan fingerprint density at radius 3 is 2.69 bits per heavy atom. The van der Waals surface area contributed by atoms with E-state index in [1.807, 2.05) is 11.9 Å². The van der Waals surface area contributed by atoms with Gasteiger partial charge >= 0.3 is 0 Å². The first-order chi connectivity index (χ1) is 6.20. The third-order valence-corrected chi connectivity index (χ3v) is 1.77. The fourth-order valence-corrected chi connectivity index (χ4v) is 1.04. The molecule has 0 bridgehead atoms. The maximum absolute atomic E-state index is 8.92. The third-order valence-electron chi connectivity index (χ3n) is 1.60. The lowest BCUT2D eigenvalue weighted by Gasteiger charge is -2.15. The van der Waals surface area contributed by atoms with Crippen molar-refractivity contribution in [2.24, 2.45) is 0 Å². The van der Waals surface area contributed by atoms with Gasteiger partial charge in [0.05, 0.1) is 19.8 Å². The summed E-state index contributed by atoms with van der Waals surface area (Å²) in [6.07, 6.45) is -0.765. The highest BCUT2D eigenvalue weighted by Crippen LogP contribution is 1.87. The van der Waals surface area contributed by atoms with Gasteiger partial charge in [-0.3, -0.25) is 0 Å². The van der Waals surface area contributed by atoms with Crippen molar-refractivity contribution >= 4 is 11.6 Å². The smallest absolute Gasteiger partial charge is 0.100 e. The van der Waals surface area contributed by atoms with Gasteiger partial charge in [-0.25, -0.2) is 0 Å². The SMILES string of the molecule is CN(CCCl)CCOCC(O)CO. The van der Waals surface area contributed by atoms with E-state index in [0.717, 1.165) is 13.1 Å². The molecule has 5 heteroatoms. The standard InChI is InChI=1S/C8H18ClNO3/c1-10(3-2-9)4-5-13-7-8(12)6-11/h8,11-12H,2-7H2,1H3. The van der Waals surface area contributed by atoms with Crippen LogP contribution < -0.4 is 0 Å². The Labute approximate surface area is 84.1 Å². The molecule has 0 aromatic rings. The Kier molecular flexibility index (Phi) is 8.80. The molecule has 0 saturated heterocycles. The van der Waals surface area contributed by atoms with Gasteiger partial charge in [0.1, 0.15) is 6.10 Å². The molecule has 0 rings (SSSR count). The lowest BCUT2D eigenvalue weighted by atomic mass is 10.4. The Hall–Kier alpha value is 0.130. The molecule has 0 aromatic heterocycles. The van der Waals surface area contributed by atoms with Crippen molar-refractivity contribution in [3.05, 3.63) is 0 Å². The van der Waals surface area contributed by atoms with Crippen molar-refractivity contribution in [1.82, 2.24) is 4.90 Å². The van der Waals surface area contributed by atoms with Crippen molar-refractivity contribution in [3.63, 3.8) is 0 Å². The molecule has 1 atom stereocenters. The Morgan fingerprint density at radius 1 is 1.46 bits per heavy atom. The largest absolute Gasteiger partial charge is 0.394 e. The molecule has 0 aliphatic heterocycles. The van der Waals surface area contributed by atoms with Gasteiger partial charge in [0.25, 0.3) is 0 Å². The van der Waals surface area contributed by atoms with Gasteiger partial charge in [0.2, 0.25) is 0 Å². The van der Waals surface area contributed by atoms with Crippen LogP contribution in [-0.4, -0.2) is 67.1 Å². The van der Waals surface area contributed by atoms with Crippen LogP contribution >= 0.6 is 11.6 Å². The number of aliphatic hydroxyl groups excluding tert-OH is 2. The Bertz CT molecular complexity index is 116. The molecule has 0 aliphatic rings. The van der Waals surface area contributed by atoms with E-state index < -0.39 is 6.10 Å². The van der Waals surface area contributed by atoms with Crippen LogP contribution in [-0.2, 0) is 4.74 Å². The molecule has 0 spiro atoms. The minimum atomic E-state index is -0.765. The normalized spacial score (nSPS) is 13.6. The van der Waals surface area contributed by atoms with E-state index in [1.54, 1.807) is 0 Å². The predicted octanol–water partition coefficient (Wildman–Crippen LogP) is -0.473. The van der Waals surface area contributed by atoms with Gasteiger partial charge in [-0.1, -0.05) is 0 Å². The van der Waals surface area contributed by atoms with Crippen molar-refractivity contribution in [2.45, 2.75) is 6.10 Å². The van der Waals surface area contributed by atoms with Gasteiger partial charge in [0, 0.05) is 19.0 Å². The van der Waals surface area contributed by atoms with Gasteiger partial charge in [-0.15, -0.1) is 11.6 Å². The topological polar surface area (TPSA) is 52.9 Å². The van der Waals surface area contributed by atoms with Crippen LogP contribution in [0, 0.1) is 0 Å². The minimum absolute atomic E-state index is 0.186. The summed E-state index contributed by atoms with van der Waals surface area (Å²) in [5, 5.41) is 17.4. The maximum Gasteiger partial charge on any atom is 0.100 e. The van der Waals surface area contributed by atoms with Crippen LogP contribution in [0.15, 0.2) is 0 Å². The summed E-state index contributed by atoms with van der Waals surface area (Å²) in [7, 11) is 1.95. The maximum atomic E-state index is 8.92. The van der Waals surface area contributed by atoms with Crippen LogP contribution in [0.3, 0.4) is 0 Å². The highest BCUT2D eigenvalue weighted by atomic mass is 35.5. The van der Waals surface area contributed by atoms with Gasteiger partial charge < -0.3 is 19.8 Å². The van der Waals surface area contributed by atoms with Gasteiger partial charge in [0.15, 0.2) is 0 Å². The number of rotatable bonds is 8. The number of likely N-dealkylation sites (N-methyl/N-ethyl adjacent to an activating group) is 1. The number of hydrogen-bond acceptors (Lipinski definition) is 4. The summed E-state index contributed by atoms with van der Waals surface area (Å²) < 4.78 is 5.11. The van der Waals surface area contributed by atoms with Crippen LogP contribution in [0.1, 0.15) is 0 Å². The molecule has 0 saturated carbocycles. The fourth-order valence-electron chi connectivity index (χ4n) is 0.749. The molecule has 80 valence electrons. The fraction of sp³-hybridized carbons (Fsp3) is 1.00. The first-order valence-corrected chi connectivity index (χ1v) is 4.85. The van der Waals surface area contributed by atoms with Gasteiger partial charge in [-0.05, 0) is 7.05 Å². The van der Waals surface area contributed by atoms with Crippen LogP contribution in [0.25, 0.3) is 0 Å². The zero-order chi connectivity index (χ0) is 10.1. The molecule has 13 heavy (non-hydrogen) atoms. The second-order valence-electron chi connectivity index (χ2n) is 2.90. The second-order valence-corrected chi connectivity index (χ2v) is 3.28. The molecule has 0 heterocycles. The second kappa shape index (κ2) is 8.72. The highest BCUT2D eigenvalue weighted by molar-refractivity contribution is 6.18. The molecular weight excluding hydrogens is 194 g/mol. The summed E-state index contributed by atoms with van der Waals surface area (Å²) in [5.74, 6) is 0.607. The molecule has 4 nitrogen and oxygen atoms in total. The summed E-state index contributed by atoms with van der Waals surface area (Å²) in [6, 6.07) is 0. The highest BCUT2D eigenvalue weighted by Gasteiger charge is 2.01. The van der Waals surface area contributed by atoms with E-state index in [4.69, 9.17) is 26.6 Å². The lowest BCUT2D eigenvalue weighted by molar-refractivity contribution is 0.00212. The lowest BCUT2D eigenvalue weighted by Crippen LogP contribution is -2.27. The zero-order valence-electron chi connectivity index (χ0n) is 7.95. The first kappa shape index (κ1) is 13.1.